The Hall–Kier alpha value is -2.32. The maximum atomic E-state index is 13.5. The Morgan fingerprint density at radius 2 is 1.97 bits per heavy atom. The van der Waals surface area contributed by atoms with Gasteiger partial charge in [-0.1, -0.05) is 31.0 Å². The molecule has 2 amide bonds. The zero-order valence-electron chi connectivity index (χ0n) is 20.6. The van der Waals surface area contributed by atoms with Gasteiger partial charge in [-0.25, -0.2) is 0 Å². The lowest BCUT2D eigenvalue weighted by molar-refractivity contribution is -0.137. The van der Waals surface area contributed by atoms with Crippen molar-refractivity contribution in [1.82, 2.24) is 4.90 Å². The Morgan fingerprint density at radius 1 is 1.21 bits per heavy atom. The average molecular weight is 480 g/mol. The van der Waals surface area contributed by atoms with Gasteiger partial charge in [-0.05, 0) is 86.8 Å². The summed E-state index contributed by atoms with van der Waals surface area (Å²) < 4.78 is 0. The van der Waals surface area contributed by atoms with Gasteiger partial charge in [-0.15, -0.1) is 0 Å². The van der Waals surface area contributed by atoms with Gasteiger partial charge in [0.15, 0.2) is 0 Å². The molecule has 34 heavy (non-hydrogen) atoms. The van der Waals surface area contributed by atoms with Crippen molar-refractivity contribution in [2.24, 2.45) is 34.5 Å². The largest absolute Gasteiger partial charge is 0.325 e. The number of likely N-dealkylation sites (tertiary alicyclic amines) is 1. The SMILES string of the molecule is CC1=C2N(C)C(=O)CC[C@]2(C)[C@@H]2CC[C@]3(C)C(C(=O)Nc4ccc(Cl)cc4C#N)CC[C@H]3[C@@H]2C1. The second kappa shape index (κ2) is 8.12. The molecule has 6 atom stereocenters. The molecule has 5 nitrogen and oxygen atoms in total. The molecule has 6 heteroatoms. The normalized spacial score (nSPS) is 36.9. The maximum absolute atomic E-state index is 13.5. The summed E-state index contributed by atoms with van der Waals surface area (Å²) in [6.45, 7) is 6.93. The van der Waals surface area contributed by atoms with Crippen LogP contribution in [0.2, 0.25) is 5.02 Å². The highest BCUT2D eigenvalue weighted by atomic mass is 35.5. The Kier molecular flexibility index (Phi) is 5.60. The monoisotopic (exact) mass is 479 g/mol. The first kappa shape index (κ1) is 23.4. The fourth-order valence-electron chi connectivity index (χ4n) is 8.48. The van der Waals surface area contributed by atoms with Gasteiger partial charge in [0, 0.05) is 35.5 Å². The molecule has 0 spiro atoms. The van der Waals surface area contributed by atoms with Crippen LogP contribution in [0.25, 0.3) is 0 Å². The van der Waals surface area contributed by atoms with E-state index in [0.717, 1.165) is 38.5 Å². The Bertz CT molecular complexity index is 1140. The van der Waals surface area contributed by atoms with Gasteiger partial charge in [-0.2, -0.15) is 5.26 Å². The summed E-state index contributed by atoms with van der Waals surface area (Å²) in [5.74, 6) is 1.82. The van der Waals surface area contributed by atoms with E-state index in [4.69, 9.17) is 11.6 Å². The molecule has 3 aliphatic carbocycles. The lowest BCUT2D eigenvalue weighted by atomic mass is 9.48. The molecule has 2 saturated carbocycles. The third-order valence-electron chi connectivity index (χ3n) is 9.99. The van der Waals surface area contributed by atoms with Crippen molar-refractivity contribution in [1.29, 1.82) is 5.26 Å². The number of halogens is 1. The number of carbonyl (C=O) groups is 2. The number of amides is 2. The van der Waals surface area contributed by atoms with E-state index in [1.165, 1.54) is 11.3 Å². The molecule has 1 aromatic carbocycles. The van der Waals surface area contributed by atoms with Crippen LogP contribution in [-0.2, 0) is 9.59 Å². The molecule has 4 aliphatic rings. The van der Waals surface area contributed by atoms with Crippen LogP contribution in [0.1, 0.15) is 71.3 Å². The van der Waals surface area contributed by atoms with Crippen molar-refractivity contribution in [3.05, 3.63) is 40.1 Å². The summed E-state index contributed by atoms with van der Waals surface area (Å²) in [6, 6.07) is 7.18. The number of rotatable bonds is 2. The van der Waals surface area contributed by atoms with Gasteiger partial charge in [0.1, 0.15) is 6.07 Å². The number of piperidine rings is 1. The minimum atomic E-state index is -0.0604. The average Bonchev–Trinajstić information content (AvgIpc) is 3.15. The third-order valence-corrected chi connectivity index (χ3v) is 10.2. The standard InChI is InChI=1S/C28H34ClN3O2/c1-16-13-19-20-6-7-22(26(34)31-23-8-5-18(29)14-17(23)15-30)27(20,2)11-9-21(19)28(3)12-10-24(33)32(4)25(16)28/h5,8,14,19-22H,6-7,9-13H2,1-4H3,(H,31,34)/t19-,20-,21+,22?,27-,28+/m0/s1. The molecule has 3 fully saturated rings. The van der Waals surface area contributed by atoms with Crippen LogP contribution in [0, 0.1) is 45.8 Å². The van der Waals surface area contributed by atoms with E-state index < -0.39 is 0 Å². The predicted molar refractivity (Wildman–Crippen MR) is 133 cm³/mol. The fraction of sp³-hybridized carbons (Fsp3) is 0.607. The molecular formula is C28H34ClN3O2. The van der Waals surface area contributed by atoms with Crippen molar-refractivity contribution >= 4 is 29.1 Å². The molecule has 1 heterocycles. The molecule has 1 aromatic rings. The third kappa shape index (κ3) is 3.33. The topological polar surface area (TPSA) is 73.2 Å². The molecule has 5 rings (SSSR count). The highest BCUT2D eigenvalue weighted by Gasteiger charge is 2.61. The zero-order chi connectivity index (χ0) is 24.4. The first-order valence-corrected chi connectivity index (χ1v) is 12.9. The number of nitrogens with one attached hydrogen (secondary N) is 1. The minimum Gasteiger partial charge on any atom is -0.325 e. The number of nitriles is 1. The minimum absolute atomic E-state index is 0.0280. The Morgan fingerprint density at radius 3 is 2.71 bits per heavy atom. The van der Waals surface area contributed by atoms with Gasteiger partial charge in [0.05, 0.1) is 11.3 Å². The van der Waals surface area contributed by atoms with Crippen LogP contribution in [0.3, 0.4) is 0 Å². The van der Waals surface area contributed by atoms with Crippen LogP contribution < -0.4 is 5.32 Å². The van der Waals surface area contributed by atoms with E-state index in [-0.39, 0.29) is 28.6 Å². The summed E-state index contributed by atoms with van der Waals surface area (Å²) in [7, 11) is 1.95. The smallest absolute Gasteiger partial charge is 0.228 e. The van der Waals surface area contributed by atoms with Gasteiger partial charge in [-0.3, -0.25) is 9.59 Å². The number of hydrogen-bond donors (Lipinski definition) is 1. The van der Waals surface area contributed by atoms with Gasteiger partial charge >= 0.3 is 0 Å². The molecule has 0 aromatic heterocycles. The summed E-state index contributed by atoms with van der Waals surface area (Å²) in [5, 5.41) is 13.0. The molecule has 1 N–H and O–H groups in total. The number of anilines is 1. The number of benzene rings is 1. The van der Waals surface area contributed by atoms with E-state index >= 15 is 0 Å². The maximum Gasteiger partial charge on any atom is 0.228 e. The zero-order valence-corrected chi connectivity index (χ0v) is 21.3. The van der Waals surface area contributed by atoms with Crippen LogP contribution in [0.4, 0.5) is 5.69 Å². The molecule has 1 unspecified atom stereocenters. The summed E-state index contributed by atoms with van der Waals surface area (Å²) >= 11 is 6.04. The van der Waals surface area contributed by atoms with E-state index in [1.54, 1.807) is 18.2 Å². The number of nitrogens with zero attached hydrogens (tertiary/aromatic N) is 2. The quantitative estimate of drug-likeness (QED) is 0.553. The van der Waals surface area contributed by atoms with Gasteiger partial charge in [0.2, 0.25) is 11.8 Å². The van der Waals surface area contributed by atoms with Gasteiger partial charge < -0.3 is 10.2 Å². The van der Waals surface area contributed by atoms with E-state index in [9.17, 15) is 14.9 Å². The number of hydrogen-bond acceptors (Lipinski definition) is 3. The van der Waals surface area contributed by atoms with Crippen LogP contribution >= 0.6 is 11.6 Å². The molecule has 180 valence electrons. The highest BCUT2D eigenvalue weighted by Crippen LogP contribution is 2.66. The molecular weight excluding hydrogens is 446 g/mol. The van der Waals surface area contributed by atoms with E-state index in [0.29, 0.717) is 40.4 Å². The van der Waals surface area contributed by atoms with Crippen molar-refractivity contribution in [3.8, 4) is 6.07 Å². The predicted octanol–water partition coefficient (Wildman–Crippen LogP) is 6.15. The van der Waals surface area contributed by atoms with Crippen LogP contribution in [0.15, 0.2) is 29.5 Å². The summed E-state index contributed by atoms with van der Waals surface area (Å²) in [6.07, 6.45) is 6.67. The van der Waals surface area contributed by atoms with E-state index in [1.807, 2.05) is 11.9 Å². The number of allylic oxidation sites excluding steroid dienone is 2. The van der Waals surface area contributed by atoms with Gasteiger partial charge in [0.25, 0.3) is 0 Å². The van der Waals surface area contributed by atoms with Crippen LogP contribution in [0.5, 0.6) is 0 Å². The second-order valence-corrected chi connectivity index (χ2v) is 12.0. The number of fused-ring (bicyclic) bond motifs is 5. The lowest BCUT2D eigenvalue weighted by Gasteiger charge is -2.59. The summed E-state index contributed by atoms with van der Waals surface area (Å²) in [4.78, 5) is 27.9. The van der Waals surface area contributed by atoms with Crippen LogP contribution in [-0.4, -0.2) is 23.8 Å². The Balaban J connectivity index is 1.42. The molecule has 0 bridgehead atoms. The number of carbonyl (C=O) groups excluding carboxylic acids is 2. The highest BCUT2D eigenvalue weighted by molar-refractivity contribution is 6.30. The van der Waals surface area contributed by atoms with Crippen molar-refractivity contribution in [2.45, 2.75) is 65.7 Å². The second-order valence-electron chi connectivity index (χ2n) is 11.5. The first-order chi connectivity index (χ1) is 16.1. The Labute approximate surface area is 207 Å². The van der Waals surface area contributed by atoms with E-state index in [2.05, 4.69) is 32.2 Å². The fourth-order valence-corrected chi connectivity index (χ4v) is 8.65. The first-order valence-electron chi connectivity index (χ1n) is 12.6. The molecule has 1 saturated heterocycles. The van der Waals surface area contributed by atoms with Crippen molar-refractivity contribution < 1.29 is 9.59 Å². The summed E-state index contributed by atoms with van der Waals surface area (Å²) in [5.41, 5.74) is 3.57. The molecule has 1 aliphatic heterocycles. The lowest BCUT2D eigenvalue weighted by Crippen LogP contribution is -2.54. The van der Waals surface area contributed by atoms with Crippen molar-refractivity contribution in [3.63, 3.8) is 0 Å². The van der Waals surface area contributed by atoms with Crippen molar-refractivity contribution in [2.75, 3.05) is 12.4 Å². The molecule has 0 radical (unpaired) electrons.